The number of hydrogen-bond donors (Lipinski definition) is 0. The van der Waals surface area contributed by atoms with E-state index in [4.69, 9.17) is 14.2 Å². The monoisotopic (exact) mass is 376 g/mol. The molecule has 2 unspecified atom stereocenters. The molecule has 1 fully saturated rings. The van der Waals surface area contributed by atoms with Gasteiger partial charge >= 0.3 is 6.09 Å². The molecule has 2 aliphatic rings. The van der Waals surface area contributed by atoms with Crippen LogP contribution in [0.15, 0.2) is 24.3 Å². The maximum Gasteiger partial charge on any atom is 0.410 e. The normalized spacial score (nSPS) is 21.7. The van der Waals surface area contributed by atoms with Crippen LogP contribution in [0.4, 0.5) is 4.79 Å². The maximum atomic E-state index is 12.7. The van der Waals surface area contributed by atoms with Crippen molar-refractivity contribution in [1.29, 1.82) is 0 Å². The quantitative estimate of drug-likeness (QED) is 0.811. The molecule has 0 aliphatic carbocycles. The Labute approximate surface area is 160 Å². The van der Waals surface area contributed by atoms with Gasteiger partial charge in [0.25, 0.3) is 5.91 Å². The molecule has 3 rings (SSSR count). The van der Waals surface area contributed by atoms with Gasteiger partial charge in [0.2, 0.25) is 6.10 Å². The zero-order valence-corrected chi connectivity index (χ0v) is 16.4. The Balaban J connectivity index is 1.50. The molecule has 0 N–H and O–H groups in total. The lowest BCUT2D eigenvalue weighted by molar-refractivity contribution is -0.140. The summed E-state index contributed by atoms with van der Waals surface area (Å²) in [6.07, 6.45) is -0.0882. The number of para-hydroxylation sites is 2. The van der Waals surface area contributed by atoms with Crippen molar-refractivity contribution in [2.24, 2.45) is 5.92 Å². The summed E-state index contributed by atoms with van der Waals surface area (Å²) in [7, 11) is 1.77. The van der Waals surface area contributed by atoms with E-state index in [9.17, 15) is 9.59 Å². The number of carbonyl (C=O) groups excluding carboxylic acids is 2. The Bertz CT molecular complexity index is 700. The second kappa shape index (κ2) is 7.66. The fraction of sp³-hybridized carbons (Fsp3) is 0.600. The molecule has 27 heavy (non-hydrogen) atoms. The van der Waals surface area contributed by atoms with Crippen molar-refractivity contribution in [2.45, 2.75) is 38.9 Å². The van der Waals surface area contributed by atoms with Gasteiger partial charge in [0.1, 0.15) is 12.2 Å². The first-order valence-electron chi connectivity index (χ1n) is 9.34. The first-order chi connectivity index (χ1) is 12.7. The van der Waals surface area contributed by atoms with Gasteiger partial charge in [0, 0.05) is 26.7 Å². The zero-order valence-electron chi connectivity index (χ0n) is 16.4. The van der Waals surface area contributed by atoms with E-state index in [0.29, 0.717) is 31.1 Å². The molecule has 0 spiro atoms. The van der Waals surface area contributed by atoms with Crippen molar-refractivity contribution in [2.75, 3.05) is 33.3 Å². The smallest absolute Gasteiger partial charge is 0.410 e. The molecular weight excluding hydrogens is 348 g/mol. The topological polar surface area (TPSA) is 68.3 Å². The van der Waals surface area contributed by atoms with Gasteiger partial charge in [0.15, 0.2) is 11.5 Å². The van der Waals surface area contributed by atoms with Crippen molar-refractivity contribution in [3.63, 3.8) is 0 Å². The second-order valence-corrected chi connectivity index (χ2v) is 8.16. The highest BCUT2D eigenvalue weighted by Crippen LogP contribution is 2.31. The molecule has 0 radical (unpaired) electrons. The Morgan fingerprint density at radius 3 is 2.67 bits per heavy atom. The van der Waals surface area contributed by atoms with E-state index in [0.717, 1.165) is 6.42 Å². The van der Waals surface area contributed by atoms with Crippen LogP contribution >= 0.6 is 0 Å². The molecule has 2 amide bonds. The Morgan fingerprint density at radius 1 is 1.26 bits per heavy atom. The number of benzene rings is 1. The number of likely N-dealkylation sites (N-methyl/N-ethyl adjacent to an activating group) is 1. The molecule has 1 aromatic carbocycles. The van der Waals surface area contributed by atoms with Crippen LogP contribution in [0.25, 0.3) is 0 Å². The standard InChI is InChI=1S/C20H28N2O5/c1-20(2,3)27-19(24)22-10-9-14(12-22)11-21(4)18(23)17-13-25-15-7-5-6-8-16(15)26-17/h5-8,14,17H,9-13H2,1-4H3. The summed E-state index contributed by atoms with van der Waals surface area (Å²) < 4.78 is 16.8. The average Bonchev–Trinajstić information content (AvgIpc) is 3.08. The predicted molar refractivity (Wildman–Crippen MR) is 99.9 cm³/mol. The molecule has 0 aromatic heterocycles. The number of amides is 2. The summed E-state index contributed by atoms with van der Waals surface area (Å²) in [4.78, 5) is 28.3. The Morgan fingerprint density at radius 2 is 1.96 bits per heavy atom. The van der Waals surface area contributed by atoms with Crippen LogP contribution in [-0.4, -0.2) is 66.8 Å². The van der Waals surface area contributed by atoms with Crippen LogP contribution in [-0.2, 0) is 9.53 Å². The number of rotatable bonds is 3. The van der Waals surface area contributed by atoms with Gasteiger partial charge in [-0.2, -0.15) is 0 Å². The van der Waals surface area contributed by atoms with Gasteiger partial charge in [-0.3, -0.25) is 4.79 Å². The van der Waals surface area contributed by atoms with E-state index in [1.807, 2.05) is 39.0 Å². The summed E-state index contributed by atoms with van der Waals surface area (Å²) in [5, 5.41) is 0. The first-order valence-corrected chi connectivity index (χ1v) is 9.34. The van der Waals surface area contributed by atoms with Crippen LogP contribution in [0.1, 0.15) is 27.2 Å². The molecule has 148 valence electrons. The molecule has 1 aromatic rings. The maximum absolute atomic E-state index is 12.7. The summed E-state index contributed by atoms with van der Waals surface area (Å²) in [6.45, 7) is 7.59. The lowest BCUT2D eigenvalue weighted by atomic mass is 10.1. The average molecular weight is 376 g/mol. The van der Waals surface area contributed by atoms with Gasteiger partial charge in [0.05, 0.1) is 0 Å². The molecule has 1 saturated heterocycles. The molecule has 2 heterocycles. The number of nitrogens with zero attached hydrogens (tertiary/aromatic N) is 2. The van der Waals surface area contributed by atoms with E-state index in [2.05, 4.69) is 0 Å². The molecule has 2 aliphatic heterocycles. The van der Waals surface area contributed by atoms with Crippen molar-refractivity contribution in [3.8, 4) is 11.5 Å². The van der Waals surface area contributed by atoms with Crippen LogP contribution in [0.5, 0.6) is 11.5 Å². The van der Waals surface area contributed by atoms with E-state index < -0.39 is 11.7 Å². The van der Waals surface area contributed by atoms with Gasteiger partial charge < -0.3 is 24.0 Å². The fourth-order valence-electron chi connectivity index (χ4n) is 3.34. The number of likely N-dealkylation sites (tertiary alicyclic amines) is 1. The van der Waals surface area contributed by atoms with Crippen LogP contribution < -0.4 is 9.47 Å². The largest absolute Gasteiger partial charge is 0.485 e. The second-order valence-electron chi connectivity index (χ2n) is 8.16. The molecule has 0 saturated carbocycles. The summed E-state index contributed by atoms with van der Waals surface area (Å²) in [6, 6.07) is 7.34. The molecular formula is C20H28N2O5. The molecule has 7 heteroatoms. The van der Waals surface area contributed by atoms with Gasteiger partial charge in [-0.1, -0.05) is 12.1 Å². The number of fused-ring (bicyclic) bond motifs is 1. The van der Waals surface area contributed by atoms with E-state index in [1.54, 1.807) is 22.9 Å². The third-order valence-electron chi connectivity index (χ3n) is 4.63. The zero-order chi connectivity index (χ0) is 19.6. The summed E-state index contributed by atoms with van der Waals surface area (Å²) >= 11 is 0. The van der Waals surface area contributed by atoms with E-state index in [-0.39, 0.29) is 24.5 Å². The van der Waals surface area contributed by atoms with E-state index in [1.165, 1.54) is 0 Å². The number of carbonyl (C=O) groups is 2. The minimum absolute atomic E-state index is 0.111. The van der Waals surface area contributed by atoms with Gasteiger partial charge in [-0.15, -0.1) is 0 Å². The Hall–Kier alpha value is -2.44. The minimum Gasteiger partial charge on any atom is -0.485 e. The summed E-state index contributed by atoms with van der Waals surface area (Å²) in [5.41, 5.74) is -0.503. The van der Waals surface area contributed by atoms with Crippen molar-refractivity contribution in [3.05, 3.63) is 24.3 Å². The molecule has 7 nitrogen and oxygen atoms in total. The Kier molecular flexibility index (Phi) is 5.48. The van der Waals surface area contributed by atoms with Crippen molar-refractivity contribution >= 4 is 12.0 Å². The lowest BCUT2D eigenvalue weighted by Crippen LogP contribution is -2.46. The van der Waals surface area contributed by atoms with Gasteiger partial charge in [-0.25, -0.2) is 4.79 Å². The fourth-order valence-corrected chi connectivity index (χ4v) is 3.34. The highest BCUT2D eigenvalue weighted by Gasteiger charge is 2.34. The third-order valence-corrected chi connectivity index (χ3v) is 4.63. The van der Waals surface area contributed by atoms with Crippen LogP contribution in [0.2, 0.25) is 0 Å². The molecule has 0 bridgehead atoms. The third kappa shape index (κ3) is 4.84. The lowest BCUT2D eigenvalue weighted by Gasteiger charge is -2.30. The highest BCUT2D eigenvalue weighted by molar-refractivity contribution is 5.81. The number of hydrogen-bond acceptors (Lipinski definition) is 5. The van der Waals surface area contributed by atoms with Crippen LogP contribution in [0, 0.1) is 5.92 Å². The minimum atomic E-state index is -0.645. The highest BCUT2D eigenvalue weighted by atomic mass is 16.6. The predicted octanol–water partition coefficient (Wildman–Crippen LogP) is 2.54. The van der Waals surface area contributed by atoms with Gasteiger partial charge in [-0.05, 0) is 45.2 Å². The number of ether oxygens (including phenoxy) is 3. The summed E-state index contributed by atoms with van der Waals surface area (Å²) in [5.74, 6) is 1.36. The first kappa shape index (κ1) is 19.3. The SMILES string of the molecule is CN(CC1CCN(C(=O)OC(C)(C)C)C1)C(=O)C1COc2ccccc2O1. The van der Waals surface area contributed by atoms with Crippen molar-refractivity contribution in [1.82, 2.24) is 9.80 Å². The van der Waals surface area contributed by atoms with Crippen molar-refractivity contribution < 1.29 is 23.8 Å². The van der Waals surface area contributed by atoms with E-state index >= 15 is 0 Å². The van der Waals surface area contributed by atoms with Crippen LogP contribution in [0.3, 0.4) is 0 Å². The molecule has 2 atom stereocenters.